The predicted molar refractivity (Wildman–Crippen MR) is 65.6 cm³/mol. The van der Waals surface area contributed by atoms with Crippen LogP contribution in [0.2, 0.25) is 0 Å². The lowest BCUT2D eigenvalue weighted by atomic mass is 10.1. The van der Waals surface area contributed by atoms with Gasteiger partial charge in [0.05, 0.1) is 12.3 Å². The zero-order valence-electron chi connectivity index (χ0n) is 9.92. The maximum Gasteiger partial charge on any atom is 0.142 e. The van der Waals surface area contributed by atoms with Crippen LogP contribution in [-0.2, 0) is 0 Å². The molecule has 0 aliphatic carbocycles. The van der Waals surface area contributed by atoms with Crippen LogP contribution >= 0.6 is 0 Å². The summed E-state index contributed by atoms with van der Waals surface area (Å²) in [5.74, 6) is 1.64. The highest BCUT2D eigenvalue weighted by molar-refractivity contribution is 5.56. The van der Waals surface area contributed by atoms with E-state index in [9.17, 15) is 0 Å². The number of para-hydroxylation sites is 2. The predicted octanol–water partition coefficient (Wildman–Crippen LogP) is 3.54. The first-order valence-corrected chi connectivity index (χ1v) is 5.73. The Morgan fingerprint density at radius 3 is 2.67 bits per heavy atom. The second-order valence-corrected chi connectivity index (χ2v) is 3.82. The van der Waals surface area contributed by atoms with Crippen molar-refractivity contribution in [1.29, 1.82) is 0 Å². The minimum Gasteiger partial charge on any atom is -0.492 e. The molecule has 0 aliphatic heterocycles. The molecule has 0 spiro atoms. The summed E-state index contributed by atoms with van der Waals surface area (Å²) in [6.45, 7) is 8.17. The fourth-order valence-corrected chi connectivity index (χ4v) is 1.32. The number of anilines is 1. The molecule has 0 radical (unpaired) electrons. The van der Waals surface area contributed by atoms with Crippen LogP contribution in [0.15, 0.2) is 24.3 Å². The molecular formula is C13H21NO. The Morgan fingerprint density at radius 2 is 2.00 bits per heavy atom. The van der Waals surface area contributed by atoms with Gasteiger partial charge in [-0.3, -0.25) is 0 Å². The molecule has 0 saturated heterocycles. The highest BCUT2D eigenvalue weighted by Gasteiger charge is 2.03. The van der Waals surface area contributed by atoms with Crippen molar-refractivity contribution in [3.05, 3.63) is 24.3 Å². The molecule has 0 aliphatic rings. The van der Waals surface area contributed by atoms with Crippen LogP contribution in [0.25, 0.3) is 0 Å². The third-order valence-electron chi connectivity index (χ3n) is 2.52. The Hall–Kier alpha value is -1.18. The number of hydrogen-bond acceptors (Lipinski definition) is 2. The Bertz CT molecular complexity index is 286. The molecule has 1 aromatic rings. The minimum absolute atomic E-state index is 0.694. The molecule has 0 heterocycles. The van der Waals surface area contributed by atoms with Gasteiger partial charge in [-0.2, -0.15) is 0 Å². The summed E-state index contributed by atoms with van der Waals surface area (Å²) in [5.41, 5.74) is 1.10. The standard InChI is InChI=1S/C13H21NO/c1-4-11(3)10-14-12-8-6-7-9-13(12)15-5-2/h6-9,11,14H,4-5,10H2,1-3H3. The molecule has 1 aromatic carbocycles. The van der Waals surface area contributed by atoms with Crippen LogP contribution in [0.1, 0.15) is 27.2 Å². The van der Waals surface area contributed by atoms with Crippen molar-refractivity contribution in [3.63, 3.8) is 0 Å². The topological polar surface area (TPSA) is 21.3 Å². The van der Waals surface area contributed by atoms with Gasteiger partial charge in [-0.05, 0) is 25.0 Å². The van der Waals surface area contributed by atoms with Gasteiger partial charge in [0.15, 0.2) is 0 Å². The van der Waals surface area contributed by atoms with Gasteiger partial charge in [-0.1, -0.05) is 32.4 Å². The van der Waals surface area contributed by atoms with E-state index < -0.39 is 0 Å². The van der Waals surface area contributed by atoms with Crippen LogP contribution in [0.5, 0.6) is 5.75 Å². The molecule has 15 heavy (non-hydrogen) atoms. The van der Waals surface area contributed by atoms with E-state index in [-0.39, 0.29) is 0 Å². The molecule has 84 valence electrons. The van der Waals surface area contributed by atoms with Crippen molar-refractivity contribution in [2.24, 2.45) is 5.92 Å². The second kappa shape index (κ2) is 6.33. The molecule has 1 unspecified atom stereocenters. The highest BCUT2D eigenvalue weighted by Crippen LogP contribution is 2.23. The van der Waals surface area contributed by atoms with Crippen molar-refractivity contribution < 1.29 is 4.74 Å². The van der Waals surface area contributed by atoms with Crippen LogP contribution < -0.4 is 10.1 Å². The third-order valence-corrected chi connectivity index (χ3v) is 2.52. The van der Waals surface area contributed by atoms with E-state index in [0.29, 0.717) is 12.5 Å². The summed E-state index contributed by atoms with van der Waals surface area (Å²) in [7, 11) is 0. The van der Waals surface area contributed by atoms with Gasteiger partial charge in [-0.15, -0.1) is 0 Å². The summed E-state index contributed by atoms with van der Waals surface area (Å²) in [6, 6.07) is 8.09. The number of rotatable bonds is 6. The molecule has 2 nitrogen and oxygen atoms in total. The van der Waals surface area contributed by atoms with E-state index in [4.69, 9.17) is 4.74 Å². The molecule has 1 rings (SSSR count). The van der Waals surface area contributed by atoms with Crippen LogP contribution in [-0.4, -0.2) is 13.2 Å². The Kier molecular flexibility index (Phi) is 5.02. The summed E-state index contributed by atoms with van der Waals surface area (Å²) in [6.07, 6.45) is 1.20. The van der Waals surface area contributed by atoms with Gasteiger partial charge in [0.2, 0.25) is 0 Å². The lowest BCUT2D eigenvalue weighted by Crippen LogP contribution is -2.11. The van der Waals surface area contributed by atoms with E-state index in [1.54, 1.807) is 0 Å². The summed E-state index contributed by atoms with van der Waals surface area (Å²) >= 11 is 0. The van der Waals surface area contributed by atoms with Crippen LogP contribution in [0, 0.1) is 5.92 Å². The average Bonchev–Trinajstić information content (AvgIpc) is 2.28. The number of hydrogen-bond donors (Lipinski definition) is 1. The molecule has 2 heteroatoms. The SMILES string of the molecule is CCOc1ccccc1NCC(C)CC. The maximum atomic E-state index is 5.54. The van der Waals surface area contributed by atoms with E-state index in [1.807, 2.05) is 25.1 Å². The fourth-order valence-electron chi connectivity index (χ4n) is 1.32. The van der Waals surface area contributed by atoms with Gasteiger partial charge in [0.25, 0.3) is 0 Å². The highest BCUT2D eigenvalue weighted by atomic mass is 16.5. The van der Waals surface area contributed by atoms with E-state index in [0.717, 1.165) is 18.0 Å². The fraction of sp³-hybridized carbons (Fsp3) is 0.538. The zero-order valence-corrected chi connectivity index (χ0v) is 9.92. The molecule has 0 fully saturated rings. The first-order valence-electron chi connectivity index (χ1n) is 5.73. The Morgan fingerprint density at radius 1 is 1.27 bits per heavy atom. The average molecular weight is 207 g/mol. The molecule has 1 N–H and O–H groups in total. The summed E-state index contributed by atoms with van der Waals surface area (Å²) in [4.78, 5) is 0. The zero-order chi connectivity index (χ0) is 11.1. The molecule has 0 aromatic heterocycles. The minimum atomic E-state index is 0.694. The van der Waals surface area contributed by atoms with Crippen molar-refractivity contribution in [2.45, 2.75) is 27.2 Å². The van der Waals surface area contributed by atoms with Crippen molar-refractivity contribution in [2.75, 3.05) is 18.5 Å². The van der Waals surface area contributed by atoms with Crippen molar-refractivity contribution >= 4 is 5.69 Å². The number of nitrogens with one attached hydrogen (secondary N) is 1. The molecule has 0 amide bonds. The van der Waals surface area contributed by atoms with E-state index in [2.05, 4.69) is 25.2 Å². The first-order chi connectivity index (χ1) is 7.27. The smallest absolute Gasteiger partial charge is 0.142 e. The van der Waals surface area contributed by atoms with Gasteiger partial charge in [-0.25, -0.2) is 0 Å². The monoisotopic (exact) mass is 207 g/mol. The third kappa shape index (κ3) is 3.82. The Balaban J connectivity index is 2.58. The normalized spacial score (nSPS) is 12.2. The Labute approximate surface area is 92.6 Å². The second-order valence-electron chi connectivity index (χ2n) is 3.82. The molecule has 0 bridgehead atoms. The van der Waals surface area contributed by atoms with Crippen LogP contribution in [0.3, 0.4) is 0 Å². The van der Waals surface area contributed by atoms with Gasteiger partial charge < -0.3 is 10.1 Å². The summed E-state index contributed by atoms with van der Waals surface area (Å²) in [5, 5.41) is 3.42. The lowest BCUT2D eigenvalue weighted by molar-refractivity contribution is 0.341. The van der Waals surface area contributed by atoms with Crippen molar-refractivity contribution in [3.8, 4) is 5.75 Å². The summed E-state index contributed by atoms with van der Waals surface area (Å²) < 4.78 is 5.54. The van der Waals surface area contributed by atoms with E-state index in [1.165, 1.54) is 6.42 Å². The molecule has 0 saturated carbocycles. The van der Waals surface area contributed by atoms with Gasteiger partial charge in [0, 0.05) is 6.54 Å². The largest absolute Gasteiger partial charge is 0.492 e. The number of ether oxygens (including phenoxy) is 1. The first kappa shape index (κ1) is 11.9. The maximum absolute atomic E-state index is 5.54. The van der Waals surface area contributed by atoms with Crippen molar-refractivity contribution in [1.82, 2.24) is 0 Å². The van der Waals surface area contributed by atoms with Crippen LogP contribution in [0.4, 0.5) is 5.69 Å². The number of benzene rings is 1. The van der Waals surface area contributed by atoms with Gasteiger partial charge >= 0.3 is 0 Å². The van der Waals surface area contributed by atoms with Gasteiger partial charge in [0.1, 0.15) is 5.75 Å². The quantitative estimate of drug-likeness (QED) is 0.770. The molecule has 1 atom stereocenters. The molecular weight excluding hydrogens is 186 g/mol. The van der Waals surface area contributed by atoms with E-state index >= 15 is 0 Å². The lowest BCUT2D eigenvalue weighted by Gasteiger charge is -2.14.